The van der Waals surface area contributed by atoms with E-state index < -0.39 is 0 Å². The molecule has 0 aromatic carbocycles. The van der Waals surface area contributed by atoms with Gasteiger partial charge in [0.1, 0.15) is 0 Å². The second-order valence-electron chi connectivity index (χ2n) is 4.98. The van der Waals surface area contributed by atoms with Crippen LogP contribution in [-0.2, 0) is 0 Å². The molecule has 4 heteroatoms. The standard InChI is InChI=1S/C12H23N3S/c1-3-13-12(16)15-9-11-6-4-5-7-14(11)8-10(15)2/h10-11H,3-9H2,1-2H3,(H,13,16). The smallest absolute Gasteiger partial charge is 0.169 e. The van der Waals surface area contributed by atoms with E-state index >= 15 is 0 Å². The van der Waals surface area contributed by atoms with Gasteiger partial charge in [0.25, 0.3) is 0 Å². The van der Waals surface area contributed by atoms with Gasteiger partial charge in [0.2, 0.25) is 0 Å². The maximum Gasteiger partial charge on any atom is 0.169 e. The second-order valence-corrected chi connectivity index (χ2v) is 5.37. The highest BCUT2D eigenvalue weighted by molar-refractivity contribution is 7.80. The third-order valence-electron chi connectivity index (χ3n) is 3.78. The Kier molecular flexibility index (Phi) is 4.03. The van der Waals surface area contributed by atoms with Crippen LogP contribution in [0.1, 0.15) is 33.1 Å². The average Bonchev–Trinajstić information content (AvgIpc) is 2.28. The van der Waals surface area contributed by atoms with E-state index in [1.165, 1.54) is 32.4 Å². The molecule has 3 nitrogen and oxygen atoms in total. The quantitative estimate of drug-likeness (QED) is 0.700. The van der Waals surface area contributed by atoms with Gasteiger partial charge in [-0.25, -0.2) is 0 Å². The van der Waals surface area contributed by atoms with E-state index in [-0.39, 0.29) is 0 Å². The first kappa shape index (κ1) is 12.1. The zero-order chi connectivity index (χ0) is 11.5. The van der Waals surface area contributed by atoms with Crippen molar-refractivity contribution in [1.29, 1.82) is 0 Å². The van der Waals surface area contributed by atoms with Crippen LogP contribution in [0.15, 0.2) is 0 Å². The lowest BCUT2D eigenvalue weighted by Crippen LogP contribution is -2.61. The van der Waals surface area contributed by atoms with Crippen LogP contribution in [0.4, 0.5) is 0 Å². The highest BCUT2D eigenvalue weighted by atomic mass is 32.1. The van der Waals surface area contributed by atoms with Crippen molar-refractivity contribution in [2.75, 3.05) is 26.2 Å². The lowest BCUT2D eigenvalue weighted by molar-refractivity contribution is 0.0500. The highest BCUT2D eigenvalue weighted by Crippen LogP contribution is 2.23. The monoisotopic (exact) mass is 241 g/mol. The number of piperazine rings is 1. The van der Waals surface area contributed by atoms with E-state index in [1.807, 2.05) is 0 Å². The summed E-state index contributed by atoms with van der Waals surface area (Å²) < 4.78 is 0. The second kappa shape index (κ2) is 5.32. The number of thiocarbonyl (C=S) groups is 1. The lowest BCUT2D eigenvalue weighted by Gasteiger charge is -2.48. The minimum Gasteiger partial charge on any atom is -0.363 e. The molecule has 0 spiro atoms. The molecule has 2 aliphatic rings. The number of fused-ring (bicyclic) bond motifs is 1. The summed E-state index contributed by atoms with van der Waals surface area (Å²) in [5.41, 5.74) is 0. The van der Waals surface area contributed by atoms with Gasteiger partial charge in [-0.15, -0.1) is 0 Å². The summed E-state index contributed by atoms with van der Waals surface area (Å²) in [6, 6.07) is 1.29. The third-order valence-corrected chi connectivity index (χ3v) is 4.16. The van der Waals surface area contributed by atoms with E-state index in [2.05, 4.69) is 29.0 Å². The van der Waals surface area contributed by atoms with Crippen LogP contribution in [-0.4, -0.2) is 53.2 Å². The van der Waals surface area contributed by atoms with Gasteiger partial charge in [-0.05, 0) is 45.5 Å². The Balaban J connectivity index is 1.97. The molecular formula is C12H23N3S. The number of hydrogen-bond donors (Lipinski definition) is 1. The fourth-order valence-corrected chi connectivity index (χ4v) is 3.29. The topological polar surface area (TPSA) is 18.5 Å². The van der Waals surface area contributed by atoms with Crippen LogP contribution in [0.5, 0.6) is 0 Å². The molecule has 0 aromatic rings. The Morgan fingerprint density at radius 3 is 2.94 bits per heavy atom. The summed E-state index contributed by atoms with van der Waals surface area (Å²) in [5.74, 6) is 0. The molecule has 92 valence electrons. The van der Waals surface area contributed by atoms with Crippen molar-refractivity contribution in [3.05, 3.63) is 0 Å². The van der Waals surface area contributed by atoms with Crippen LogP contribution in [0.3, 0.4) is 0 Å². The summed E-state index contributed by atoms with van der Waals surface area (Å²) in [6.45, 7) is 8.90. The van der Waals surface area contributed by atoms with Gasteiger partial charge in [-0.3, -0.25) is 4.90 Å². The van der Waals surface area contributed by atoms with Gasteiger partial charge in [-0.1, -0.05) is 6.42 Å². The molecule has 16 heavy (non-hydrogen) atoms. The normalized spacial score (nSPS) is 31.0. The maximum absolute atomic E-state index is 5.44. The average molecular weight is 241 g/mol. The van der Waals surface area contributed by atoms with Gasteiger partial charge >= 0.3 is 0 Å². The van der Waals surface area contributed by atoms with Gasteiger partial charge < -0.3 is 10.2 Å². The Labute approximate surface area is 104 Å². The van der Waals surface area contributed by atoms with E-state index in [9.17, 15) is 0 Å². The Morgan fingerprint density at radius 1 is 1.38 bits per heavy atom. The molecule has 0 aromatic heterocycles. The van der Waals surface area contributed by atoms with Crippen molar-refractivity contribution < 1.29 is 0 Å². The first-order valence-electron chi connectivity index (χ1n) is 6.51. The summed E-state index contributed by atoms with van der Waals surface area (Å²) in [5, 5.41) is 4.22. The number of piperidine rings is 1. The van der Waals surface area contributed by atoms with Gasteiger partial charge in [0.15, 0.2) is 5.11 Å². The van der Waals surface area contributed by atoms with Crippen LogP contribution < -0.4 is 5.32 Å². The molecule has 0 saturated carbocycles. The van der Waals surface area contributed by atoms with Crippen LogP contribution in [0.2, 0.25) is 0 Å². The molecule has 2 heterocycles. The van der Waals surface area contributed by atoms with Gasteiger partial charge in [-0.2, -0.15) is 0 Å². The summed E-state index contributed by atoms with van der Waals surface area (Å²) in [4.78, 5) is 5.03. The van der Waals surface area contributed by atoms with Crippen molar-refractivity contribution in [2.45, 2.75) is 45.2 Å². The minimum atomic E-state index is 0.556. The molecule has 0 aliphatic carbocycles. The first-order valence-corrected chi connectivity index (χ1v) is 6.91. The van der Waals surface area contributed by atoms with E-state index in [1.54, 1.807) is 0 Å². The summed E-state index contributed by atoms with van der Waals surface area (Å²) >= 11 is 5.44. The van der Waals surface area contributed by atoms with Crippen molar-refractivity contribution in [3.8, 4) is 0 Å². The van der Waals surface area contributed by atoms with Crippen LogP contribution >= 0.6 is 12.2 Å². The molecular weight excluding hydrogens is 218 g/mol. The van der Waals surface area contributed by atoms with E-state index in [4.69, 9.17) is 12.2 Å². The highest BCUT2D eigenvalue weighted by Gasteiger charge is 2.33. The number of nitrogens with one attached hydrogen (secondary N) is 1. The van der Waals surface area contributed by atoms with Crippen molar-refractivity contribution in [3.63, 3.8) is 0 Å². The largest absolute Gasteiger partial charge is 0.363 e. The molecule has 2 fully saturated rings. The van der Waals surface area contributed by atoms with Crippen LogP contribution in [0, 0.1) is 0 Å². The molecule has 0 bridgehead atoms. The Bertz CT molecular complexity index is 257. The maximum atomic E-state index is 5.44. The zero-order valence-corrected chi connectivity index (χ0v) is 11.2. The van der Waals surface area contributed by atoms with Crippen molar-refractivity contribution in [1.82, 2.24) is 15.1 Å². The Morgan fingerprint density at radius 2 is 2.19 bits per heavy atom. The van der Waals surface area contributed by atoms with Crippen molar-refractivity contribution in [2.24, 2.45) is 0 Å². The van der Waals surface area contributed by atoms with Gasteiger partial charge in [0, 0.05) is 31.7 Å². The molecule has 2 saturated heterocycles. The molecule has 2 atom stereocenters. The molecule has 1 N–H and O–H groups in total. The number of nitrogens with zero attached hydrogens (tertiary/aromatic N) is 2. The molecule has 0 amide bonds. The van der Waals surface area contributed by atoms with Crippen LogP contribution in [0.25, 0.3) is 0 Å². The third kappa shape index (κ3) is 2.48. The Hall–Kier alpha value is -0.350. The molecule has 2 unspecified atom stereocenters. The molecule has 2 aliphatic heterocycles. The van der Waals surface area contributed by atoms with E-state index in [0.29, 0.717) is 6.04 Å². The number of hydrogen-bond acceptors (Lipinski definition) is 2. The molecule has 0 radical (unpaired) electrons. The van der Waals surface area contributed by atoms with Gasteiger partial charge in [0.05, 0.1) is 0 Å². The van der Waals surface area contributed by atoms with E-state index in [0.717, 1.165) is 24.2 Å². The fraction of sp³-hybridized carbons (Fsp3) is 0.917. The lowest BCUT2D eigenvalue weighted by atomic mass is 9.97. The summed E-state index contributed by atoms with van der Waals surface area (Å²) in [6.07, 6.45) is 4.11. The summed E-state index contributed by atoms with van der Waals surface area (Å²) in [7, 11) is 0. The number of rotatable bonds is 1. The fourth-order valence-electron chi connectivity index (χ4n) is 2.89. The first-order chi connectivity index (χ1) is 7.72. The minimum absolute atomic E-state index is 0.556. The zero-order valence-electron chi connectivity index (χ0n) is 10.4. The predicted octanol–water partition coefficient (Wildman–Crippen LogP) is 1.44. The predicted molar refractivity (Wildman–Crippen MR) is 71.7 cm³/mol. The SMILES string of the molecule is CCNC(=S)N1CC2CCCCN2CC1C. The van der Waals surface area contributed by atoms with Crippen molar-refractivity contribution >= 4 is 17.3 Å². The molecule has 2 rings (SSSR count).